The van der Waals surface area contributed by atoms with Crippen LogP contribution in [0.4, 0.5) is 0 Å². The van der Waals surface area contributed by atoms with Gasteiger partial charge in [-0.15, -0.1) is 0 Å². The van der Waals surface area contributed by atoms with Crippen molar-refractivity contribution in [3.63, 3.8) is 0 Å². The van der Waals surface area contributed by atoms with Crippen molar-refractivity contribution in [2.45, 2.75) is 57.9 Å². The highest BCUT2D eigenvalue weighted by Crippen LogP contribution is 2.28. The van der Waals surface area contributed by atoms with Crippen molar-refractivity contribution in [2.75, 3.05) is 26.2 Å². The Morgan fingerprint density at radius 1 is 1.00 bits per heavy atom. The second-order valence-corrected chi connectivity index (χ2v) is 6.99. The predicted octanol–water partition coefficient (Wildman–Crippen LogP) is 1.36. The van der Waals surface area contributed by atoms with Crippen LogP contribution in [-0.4, -0.2) is 53.3 Å². The molecule has 5 heteroatoms. The summed E-state index contributed by atoms with van der Waals surface area (Å²) >= 11 is 0. The van der Waals surface area contributed by atoms with E-state index in [0.717, 1.165) is 25.7 Å². The Labute approximate surface area is 127 Å². The van der Waals surface area contributed by atoms with E-state index in [1.165, 1.54) is 6.42 Å². The van der Waals surface area contributed by atoms with Gasteiger partial charge in [-0.3, -0.25) is 9.59 Å². The summed E-state index contributed by atoms with van der Waals surface area (Å²) < 4.78 is 0. The molecule has 2 N–H and O–H groups in total. The van der Waals surface area contributed by atoms with E-state index in [4.69, 9.17) is 5.73 Å². The number of nitrogens with two attached hydrogens (primary N) is 1. The van der Waals surface area contributed by atoms with Crippen LogP contribution >= 0.6 is 0 Å². The van der Waals surface area contributed by atoms with E-state index >= 15 is 0 Å². The van der Waals surface area contributed by atoms with Gasteiger partial charge < -0.3 is 15.5 Å². The topological polar surface area (TPSA) is 66.6 Å². The third-order valence-electron chi connectivity index (χ3n) is 4.67. The quantitative estimate of drug-likeness (QED) is 0.855. The molecule has 2 amide bonds. The van der Waals surface area contributed by atoms with Crippen molar-refractivity contribution in [3.8, 4) is 0 Å². The summed E-state index contributed by atoms with van der Waals surface area (Å²) in [4.78, 5) is 28.4. The number of hydrogen-bond donors (Lipinski definition) is 1. The van der Waals surface area contributed by atoms with Gasteiger partial charge in [0, 0.05) is 32.6 Å². The van der Waals surface area contributed by atoms with Gasteiger partial charge in [0.15, 0.2) is 0 Å². The molecule has 0 unspecified atom stereocenters. The Kier molecular flexibility index (Phi) is 5.25. The fourth-order valence-corrected chi connectivity index (χ4v) is 3.35. The van der Waals surface area contributed by atoms with Crippen LogP contribution in [0.2, 0.25) is 0 Å². The van der Waals surface area contributed by atoms with E-state index in [1.807, 2.05) is 9.80 Å². The van der Waals surface area contributed by atoms with Gasteiger partial charge in [0.1, 0.15) is 0 Å². The molecule has 2 aliphatic rings. The van der Waals surface area contributed by atoms with Crippen LogP contribution in [0.3, 0.4) is 0 Å². The molecule has 0 bridgehead atoms. The van der Waals surface area contributed by atoms with Crippen molar-refractivity contribution in [1.29, 1.82) is 0 Å². The molecule has 0 spiro atoms. The molecule has 0 atom stereocenters. The Balaban J connectivity index is 1.86. The minimum atomic E-state index is -0.650. The number of carbonyl (C=O) groups is 2. The zero-order valence-corrected chi connectivity index (χ0v) is 13.4. The van der Waals surface area contributed by atoms with Crippen molar-refractivity contribution in [1.82, 2.24) is 9.80 Å². The predicted molar refractivity (Wildman–Crippen MR) is 82.6 cm³/mol. The number of hydrogen-bond acceptors (Lipinski definition) is 3. The summed E-state index contributed by atoms with van der Waals surface area (Å²) in [5, 5.41) is 0. The molecule has 5 nitrogen and oxygen atoms in total. The van der Waals surface area contributed by atoms with Crippen LogP contribution in [-0.2, 0) is 9.59 Å². The van der Waals surface area contributed by atoms with E-state index < -0.39 is 5.54 Å². The van der Waals surface area contributed by atoms with Crippen molar-refractivity contribution >= 4 is 11.8 Å². The molecule has 1 heterocycles. The van der Waals surface area contributed by atoms with Gasteiger partial charge in [0.2, 0.25) is 11.8 Å². The number of nitrogens with zero attached hydrogens (tertiary/aromatic N) is 2. The second-order valence-electron chi connectivity index (χ2n) is 6.99. The second kappa shape index (κ2) is 6.77. The highest BCUT2D eigenvalue weighted by Gasteiger charge is 2.39. The van der Waals surface area contributed by atoms with Gasteiger partial charge in [-0.2, -0.15) is 0 Å². The summed E-state index contributed by atoms with van der Waals surface area (Å²) in [6, 6.07) is 0. The van der Waals surface area contributed by atoms with Gasteiger partial charge in [-0.25, -0.2) is 0 Å². The molecule has 1 saturated heterocycles. The third kappa shape index (κ3) is 3.96. The van der Waals surface area contributed by atoms with E-state index in [-0.39, 0.29) is 11.8 Å². The van der Waals surface area contributed by atoms with Crippen LogP contribution in [0.25, 0.3) is 0 Å². The van der Waals surface area contributed by atoms with Gasteiger partial charge >= 0.3 is 0 Å². The lowest BCUT2D eigenvalue weighted by molar-refractivity contribution is -0.144. The van der Waals surface area contributed by atoms with E-state index in [2.05, 4.69) is 13.8 Å². The Morgan fingerprint density at radius 3 is 2.05 bits per heavy atom. The highest BCUT2D eigenvalue weighted by atomic mass is 16.2. The average molecular weight is 295 g/mol. The van der Waals surface area contributed by atoms with Crippen molar-refractivity contribution in [2.24, 2.45) is 11.7 Å². The number of rotatable bonds is 3. The van der Waals surface area contributed by atoms with Gasteiger partial charge in [0.25, 0.3) is 0 Å². The van der Waals surface area contributed by atoms with Crippen LogP contribution in [0, 0.1) is 5.92 Å². The van der Waals surface area contributed by atoms with E-state index in [9.17, 15) is 9.59 Å². The molecule has 2 fully saturated rings. The zero-order valence-electron chi connectivity index (χ0n) is 13.4. The Morgan fingerprint density at radius 2 is 1.52 bits per heavy atom. The van der Waals surface area contributed by atoms with Gasteiger partial charge in [-0.05, 0) is 18.8 Å². The van der Waals surface area contributed by atoms with Crippen molar-refractivity contribution < 1.29 is 9.59 Å². The molecular weight excluding hydrogens is 266 g/mol. The fraction of sp³-hybridized carbons (Fsp3) is 0.875. The molecule has 2 rings (SSSR count). The van der Waals surface area contributed by atoms with Crippen LogP contribution in [0.1, 0.15) is 52.4 Å². The lowest BCUT2D eigenvalue weighted by Crippen LogP contribution is -2.60. The first kappa shape index (κ1) is 16.3. The summed E-state index contributed by atoms with van der Waals surface area (Å²) in [7, 11) is 0. The lowest BCUT2D eigenvalue weighted by Gasteiger charge is -2.41. The molecule has 0 radical (unpaired) electrons. The first-order valence-electron chi connectivity index (χ1n) is 8.28. The number of carbonyl (C=O) groups excluding carboxylic acids is 2. The maximum atomic E-state index is 12.6. The van der Waals surface area contributed by atoms with E-state index in [0.29, 0.717) is 38.5 Å². The lowest BCUT2D eigenvalue weighted by atomic mass is 9.81. The average Bonchev–Trinajstić information content (AvgIpc) is 2.46. The first-order chi connectivity index (χ1) is 9.92. The molecule has 1 aliphatic carbocycles. The monoisotopic (exact) mass is 295 g/mol. The van der Waals surface area contributed by atoms with Gasteiger partial charge in [-0.1, -0.05) is 33.1 Å². The molecule has 120 valence electrons. The smallest absolute Gasteiger partial charge is 0.242 e. The molecule has 0 aromatic rings. The molecule has 1 aliphatic heterocycles. The molecular formula is C16H29N3O2. The minimum Gasteiger partial charge on any atom is -0.339 e. The highest BCUT2D eigenvalue weighted by molar-refractivity contribution is 5.86. The van der Waals surface area contributed by atoms with Gasteiger partial charge in [0.05, 0.1) is 5.54 Å². The number of amides is 2. The summed E-state index contributed by atoms with van der Waals surface area (Å²) in [6.45, 7) is 6.65. The third-order valence-corrected chi connectivity index (χ3v) is 4.67. The number of piperazine rings is 1. The molecule has 0 aromatic carbocycles. The Bertz CT molecular complexity index is 381. The summed E-state index contributed by atoms with van der Waals surface area (Å²) in [6.07, 6.45) is 5.49. The van der Waals surface area contributed by atoms with Crippen LogP contribution in [0.5, 0.6) is 0 Å². The largest absolute Gasteiger partial charge is 0.339 e. The summed E-state index contributed by atoms with van der Waals surface area (Å²) in [5.41, 5.74) is 5.67. The maximum Gasteiger partial charge on any atom is 0.242 e. The molecule has 1 saturated carbocycles. The standard InChI is InChI=1S/C16H29N3O2/c1-13(2)12-14(20)18-8-10-19(11-9-18)15(21)16(17)6-4-3-5-7-16/h13H,3-12,17H2,1-2H3. The molecule has 21 heavy (non-hydrogen) atoms. The van der Waals surface area contributed by atoms with Crippen LogP contribution < -0.4 is 5.73 Å². The van der Waals surface area contributed by atoms with Crippen molar-refractivity contribution in [3.05, 3.63) is 0 Å². The summed E-state index contributed by atoms with van der Waals surface area (Å²) in [5.74, 6) is 0.682. The fourth-order valence-electron chi connectivity index (χ4n) is 3.35. The first-order valence-corrected chi connectivity index (χ1v) is 8.28. The molecule has 0 aromatic heterocycles. The minimum absolute atomic E-state index is 0.0955. The van der Waals surface area contributed by atoms with Crippen LogP contribution in [0.15, 0.2) is 0 Å². The van der Waals surface area contributed by atoms with E-state index in [1.54, 1.807) is 0 Å². The Hall–Kier alpha value is -1.10. The normalized spacial score (nSPS) is 22.5. The zero-order chi connectivity index (χ0) is 15.5. The maximum absolute atomic E-state index is 12.6. The SMILES string of the molecule is CC(C)CC(=O)N1CCN(C(=O)C2(N)CCCCC2)CC1.